The van der Waals surface area contributed by atoms with Gasteiger partial charge in [0.15, 0.2) is 0 Å². The summed E-state index contributed by atoms with van der Waals surface area (Å²) in [6.07, 6.45) is 1.06. The fraction of sp³-hybridized carbons (Fsp3) is 0.700. The maximum absolute atomic E-state index is 11.5. The molecule has 1 aliphatic rings. The Bertz CT molecular complexity index is 213. The van der Waals surface area contributed by atoms with E-state index in [0.717, 1.165) is 26.1 Å². The van der Waals surface area contributed by atoms with E-state index in [1.54, 1.807) is 6.92 Å². The second-order valence-corrected chi connectivity index (χ2v) is 3.57. The number of carbonyl (C=O) groups is 1. The molecule has 0 bridgehead atoms. The second-order valence-electron chi connectivity index (χ2n) is 3.57. The number of rotatable bonds is 3. The van der Waals surface area contributed by atoms with Gasteiger partial charge in [-0.15, -0.1) is 0 Å². The fourth-order valence-electron chi connectivity index (χ4n) is 1.67. The molecule has 0 aromatic heterocycles. The molecule has 1 saturated heterocycles. The molecule has 3 heteroatoms. The number of hydrogen-bond acceptors (Lipinski definition) is 2. The zero-order valence-corrected chi connectivity index (χ0v) is 8.47. The summed E-state index contributed by atoms with van der Waals surface area (Å²) in [5, 5.41) is 3.34. The zero-order valence-electron chi connectivity index (χ0n) is 8.47. The monoisotopic (exact) mass is 182 g/mol. The molecule has 1 unspecified atom stereocenters. The van der Waals surface area contributed by atoms with Crippen molar-refractivity contribution in [3.8, 4) is 0 Å². The minimum Gasteiger partial charge on any atom is -0.337 e. The van der Waals surface area contributed by atoms with Gasteiger partial charge in [0.2, 0.25) is 5.91 Å². The van der Waals surface area contributed by atoms with Crippen LogP contribution in [0.2, 0.25) is 0 Å². The van der Waals surface area contributed by atoms with Gasteiger partial charge in [-0.25, -0.2) is 0 Å². The van der Waals surface area contributed by atoms with Gasteiger partial charge in [-0.3, -0.25) is 4.79 Å². The predicted molar refractivity (Wildman–Crippen MR) is 53.5 cm³/mol. The van der Waals surface area contributed by atoms with Gasteiger partial charge in [0.25, 0.3) is 0 Å². The number of hydrogen-bond donors (Lipinski definition) is 1. The van der Waals surface area contributed by atoms with Gasteiger partial charge in [-0.2, -0.15) is 0 Å². The van der Waals surface area contributed by atoms with Crippen molar-refractivity contribution in [2.75, 3.05) is 19.6 Å². The Morgan fingerprint density at radius 1 is 1.69 bits per heavy atom. The Morgan fingerprint density at radius 3 is 2.92 bits per heavy atom. The number of amides is 1. The maximum atomic E-state index is 11.5. The van der Waals surface area contributed by atoms with E-state index in [-0.39, 0.29) is 5.91 Å². The first-order chi connectivity index (χ1) is 6.15. The molecule has 74 valence electrons. The van der Waals surface area contributed by atoms with E-state index in [0.29, 0.717) is 11.6 Å². The van der Waals surface area contributed by atoms with Crippen LogP contribution in [-0.4, -0.2) is 36.5 Å². The number of nitrogens with one attached hydrogen (secondary N) is 1. The summed E-state index contributed by atoms with van der Waals surface area (Å²) < 4.78 is 0. The van der Waals surface area contributed by atoms with Crippen molar-refractivity contribution in [1.29, 1.82) is 0 Å². The van der Waals surface area contributed by atoms with Crippen LogP contribution in [0.3, 0.4) is 0 Å². The lowest BCUT2D eigenvalue weighted by atomic mass is 10.3. The third-order valence-corrected chi connectivity index (χ3v) is 2.33. The minimum atomic E-state index is 0.0976. The topological polar surface area (TPSA) is 32.3 Å². The van der Waals surface area contributed by atoms with Crippen molar-refractivity contribution in [1.82, 2.24) is 10.2 Å². The predicted octanol–water partition coefficient (Wildman–Crippen LogP) is 0.773. The van der Waals surface area contributed by atoms with E-state index < -0.39 is 0 Å². The summed E-state index contributed by atoms with van der Waals surface area (Å²) in [6, 6.07) is 0.480. The SMILES string of the molecule is C=C(C)C(=O)N1CCC(NCC)C1. The smallest absolute Gasteiger partial charge is 0.248 e. The molecule has 0 saturated carbocycles. The van der Waals surface area contributed by atoms with Crippen molar-refractivity contribution in [2.24, 2.45) is 0 Å². The highest BCUT2D eigenvalue weighted by atomic mass is 16.2. The first-order valence-electron chi connectivity index (χ1n) is 4.83. The lowest BCUT2D eigenvalue weighted by Crippen LogP contribution is -2.35. The summed E-state index contributed by atoms with van der Waals surface area (Å²) in [5.74, 6) is 0.0976. The first kappa shape index (κ1) is 10.3. The highest BCUT2D eigenvalue weighted by molar-refractivity contribution is 5.92. The third kappa shape index (κ3) is 2.56. The highest BCUT2D eigenvalue weighted by Crippen LogP contribution is 2.11. The molecule has 0 radical (unpaired) electrons. The molecule has 0 spiro atoms. The van der Waals surface area contributed by atoms with Crippen molar-refractivity contribution < 1.29 is 4.79 Å². The van der Waals surface area contributed by atoms with Crippen LogP contribution in [-0.2, 0) is 4.79 Å². The van der Waals surface area contributed by atoms with Crippen LogP contribution in [0.25, 0.3) is 0 Å². The molecule has 1 fully saturated rings. The molecule has 13 heavy (non-hydrogen) atoms. The maximum Gasteiger partial charge on any atom is 0.248 e. The molecule has 1 heterocycles. The summed E-state index contributed by atoms with van der Waals surface area (Å²) in [5.41, 5.74) is 0.636. The lowest BCUT2D eigenvalue weighted by molar-refractivity contribution is -0.126. The van der Waals surface area contributed by atoms with E-state index in [4.69, 9.17) is 0 Å². The molecule has 1 rings (SSSR count). The van der Waals surface area contributed by atoms with E-state index in [9.17, 15) is 4.79 Å². The van der Waals surface area contributed by atoms with Gasteiger partial charge in [-0.1, -0.05) is 13.5 Å². The van der Waals surface area contributed by atoms with E-state index in [1.807, 2.05) is 4.90 Å². The summed E-state index contributed by atoms with van der Waals surface area (Å²) in [7, 11) is 0. The van der Waals surface area contributed by atoms with E-state index in [2.05, 4.69) is 18.8 Å². The Labute approximate surface area is 79.8 Å². The van der Waals surface area contributed by atoms with Crippen LogP contribution in [0.5, 0.6) is 0 Å². The van der Waals surface area contributed by atoms with Crippen molar-refractivity contribution in [2.45, 2.75) is 26.3 Å². The molecule has 1 atom stereocenters. The van der Waals surface area contributed by atoms with E-state index >= 15 is 0 Å². The molecule has 0 aliphatic carbocycles. The standard InChI is InChI=1S/C10H18N2O/c1-4-11-9-5-6-12(7-9)10(13)8(2)3/h9,11H,2,4-7H2,1,3H3. The molecule has 1 N–H and O–H groups in total. The molecule has 1 aliphatic heterocycles. The van der Waals surface area contributed by atoms with E-state index in [1.165, 1.54) is 0 Å². The zero-order chi connectivity index (χ0) is 9.84. The fourth-order valence-corrected chi connectivity index (χ4v) is 1.67. The minimum absolute atomic E-state index is 0.0976. The van der Waals surface area contributed by atoms with Gasteiger partial charge in [-0.05, 0) is 19.9 Å². The highest BCUT2D eigenvalue weighted by Gasteiger charge is 2.25. The average molecular weight is 182 g/mol. The summed E-state index contributed by atoms with van der Waals surface area (Å²) in [6.45, 7) is 10.2. The number of carbonyl (C=O) groups excluding carboxylic acids is 1. The van der Waals surface area contributed by atoms with Crippen molar-refractivity contribution >= 4 is 5.91 Å². The molecule has 0 aromatic carbocycles. The first-order valence-corrected chi connectivity index (χ1v) is 4.83. The Balaban J connectivity index is 2.40. The van der Waals surface area contributed by atoms with Crippen LogP contribution in [0.1, 0.15) is 20.3 Å². The molecular weight excluding hydrogens is 164 g/mol. The third-order valence-electron chi connectivity index (χ3n) is 2.33. The lowest BCUT2D eigenvalue weighted by Gasteiger charge is -2.16. The van der Waals surface area contributed by atoms with Gasteiger partial charge >= 0.3 is 0 Å². The second kappa shape index (κ2) is 4.42. The van der Waals surface area contributed by atoms with Crippen LogP contribution >= 0.6 is 0 Å². The van der Waals surface area contributed by atoms with Crippen LogP contribution in [0.4, 0.5) is 0 Å². The largest absolute Gasteiger partial charge is 0.337 e. The Hall–Kier alpha value is -0.830. The van der Waals surface area contributed by atoms with Crippen LogP contribution in [0.15, 0.2) is 12.2 Å². The number of likely N-dealkylation sites (N-methyl/N-ethyl adjacent to an activating group) is 1. The number of nitrogens with zero attached hydrogens (tertiary/aromatic N) is 1. The summed E-state index contributed by atoms with van der Waals surface area (Å²) in [4.78, 5) is 13.4. The Morgan fingerprint density at radius 2 is 2.38 bits per heavy atom. The van der Waals surface area contributed by atoms with Crippen molar-refractivity contribution in [3.63, 3.8) is 0 Å². The average Bonchev–Trinajstić information content (AvgIpc) is 2.52. The van der Waals surface area contributed by atoms with Gasteiger partial charge in [0.05, 0.1) is 0 Å². The molecular formula is C10H18N2O. The number of likely N-dealkylation sites (tertiary alicyclic amines) is 1. The normalized spacial score (nSPS) is 22.0. The molecule has 3 nitrogen and oxygen atoms in total. The van der Waals surface area contributed by atoms with Crippen LogP contribution in [0, 0.1) is 0 Å². The molecule has 1 amide bonds. The molecule has 0 aromatic rings. The van der Waals surface area contributed by atoms with Gasteiger partial charge in [0.1, 0.15) is 0 Å². The summed E-state index contributed by atoms with van der Waals surface area (Å²) >= 11 is 0. The van der Waals surface area contributed by atoms with Gasteiger partial charge < -0.3 is 10.2 Å². The van der Waals surface area contributed by atoms with Crippen LogP contribution < -0.4 is 5.32 Å². The van der Waals surface area contributed by atoms with Gasteiger partial charge in [0, 0.05) is 24.7 Å². The van der Waals surface area contributed by atoms with Crippen molar-refractivity contribution in [3.05, 3.63) is 12.2 Å². The Kier molecular flexibility index (Phi) is 3.48. The quantitative estimate of drug-likeness (QED) is 0.654.